The molecule has 0 aliphatic rings. The minimum Gasteiger partial charge on any atom is -0.494 e. The van der Waals surface area contributed by atoms with Gasteiger partial charge >= 0.3 is 0 Å². The van der Waals surface area contributed by atoms with Crippen LogP contribution in [0.5, 0.6) is 5.75 Å². The lowest BCUT2D eigenvalue weighted by molar-refractivity contribution is 0.309. The minimum atomic E-state index is 0.552. The van der Waals surface area contributed by atoms with Crippen molar-refractivity contribution in [1.82, 2.24) is 0 Å². The molecule has 15 heavy (non-hydrogen) atoms. The number of benzene rings is 1. The quantitative estimate of drug-likeness (QED) is 0.522. The summed E-state index contributed by atoms with van der Waals surface area (Å²) in [4.78, 5) is 0. The Hall–Kier alpha value is -0.690. The first kappa shape index (κ1) is 12.4. The zero-order chi connectivity index (χ0) is 11.1. The molecule has 0 amide bonds. The van der Waals surface area contributed by atoms with Crippen LogP contribution in [-0.2, 0) is 0 Å². The maximum Gasteiger partial charge on any atom is 0.119 e. The van der Waals surface area contributed by atoms with Gasteiger partial charge in [0.15, 0.2) is 0 Å². The number of alkyl halides is 1. The van der Waals surface area contributed by atoms with Gasteiger partial charge < -0.3 is 4.74 Å². The maximum atomic E-state index is 5.64. The van der Waals surface area contributed by atoms with Crippen LogP contribution in [0.25, 0.3) is 0 Å². The van der Waals surface area contributed by atoms with Gasteiger partial charge in [-0.1, -0.05) is 26.0 Å². The molecular formula is C13H19ClO. The van der Waals surface area contributed by atoms with Crippen molar-refractivity contribution in [2.24, 2.45) is 0 Å². The Morgan fingerprint density at radius 2 is 2.07 bits per heavy atom. The predicted molar refractivity (Wildman–Crippen MR) is 66.0 cm³/mol. The second-order valence-electron chi connectivity index (χ2n) is 3.97. The fourth-order valence-electron chi connectivity index (χ4n) is 1.35. The molecule has 2 heteroatoms. The summed E-state index contributed by atoms with van der Waals surface area (Å²) in [6.45, 7) is 5.13. The van der Waals surface area contributed by atoms with E-state index in [4.69, 9.17) is 16.3 Å². The summed E-state index contributed by atoms with van der Waals surface area (Å²) in [7, 11) is 0. The lowest BCUT2D eigenvalue weighted by atomic mass is 10.0. The van der Waals surface area contributed by atoms with Crippen LogP contribution in [0.3, 0.4) is 0 Å². The first-order valence-electron chi connectivity index (χ1n) is 5.52. The lowest BCUT2D eigenvalue weighted by Gasteiger charge is -2.09. The van der Waals surface area contributed by atoms with Crippen molar-refractivity contribution >= 4 is 11.6 Å². The van der Waals surface area contributed by atoms with Gasteiger partial charge in [0, 0.05) is 5.88 Å². The van der Waals surface area contributed by atoms with Crippen molar-refractivity contribution in [3.63, 3.8) is 0 Å². The van der Waals surface area contributed by atoms with Crippen LogP contribution in [0, 0.1) is 0 Å². The fourth-order valence-corrected chi connectivity index (χ4v) is 1.54. The Balaban J connectivity index is 2.43. The van der Waals surface area contributed by atoms with Gasteiger partial charge in [-0.3, -0.25) is 0 Å². The molecule has 1 rings (SSSR count). The van der Waals surface area contributed by atoms with Gasteiger partial charge in [0.05, 0.1) is 6.61 Å². The normalized spacial score (nSPS) is 10.7. The number of ether oxygens (including phenoxy) is 1. The molecule has 0 aliphatic carbocycles. The standard InChI is InChI=1S/C13H19ClO/c1-11(2)12-6-5-7-13(10-12)15-9-4-3-8-14/h5-7,10-11H,3-4,8-9H2,1-2H3. The van der Waals surface area contributed by atoms with Crippen LogP contribution >= 0.6 is 11.6 Å². The van der Waals surface area contributed by atoms with E-state index in [0.29, 0.717) is 5.92 Å². The summed E-state index contributed by atoms with van der Waals surface area (Å²) in [5.74, 6) is 2.24. The Morgan fingerprint density at radius 3 is 2.73 bits per heavy atom. The third-order valence-electron chi connectivity index (χ3n) is 2.32. The van der Waals surface area contributed by atoms with E-state index in [1.54, 1.807) is 0 Å². The van der Waals surface area contributed by atoms with Crippen LogP contribution in [0.2, 0.25) is 0 Å². The molecule has 1 aromatic carbocycles. The van der Waals surface area contributed by atoms with E-state index in [1.165, 1.54) is 5.56 Å². The summed E-state index contributed by atoms with van der Waals surface area (Å²) >= 11 is 5.59. The molecule has 0 aliphatic heterocycles. The van der Waals surface area contributed by atoms with Crippen molar-refractivity contribution in [3.05, 3.63) is 29.8 Å². The molecule has 0 fully saturated rings. The van der Waals surface area contributed by atoms with E-state index in [-0.39, 0.29) is 0 Å². The predicted octanol–water partition coefficient (Wildman–Crippen LogP) is 4.21. The largest absolute Gasteiger partial charge is 0.494 e. The first-order valence-corrected chi connectivity index (χ1v) is 6.06. The van der Waals surface area contributed by atoms with E-state index in [1.807, 2.05) is 12.1 Å². The summed E-state index contributed by atoms with van der Waals surface area (Å²) in [6, 6.07) is 8.31. The zero-order valence-corrected chi connectivity index (χ0v) is 10.3. The van der Waals surface area contributed by atoms with Crippen molar-refractivity contribution in [2.45, 2.75) is 32.6 Å². The second-order valence-corrected chi connectivity index (χ2v) is 4.35. The number of hydrogen-bond acceptors (Lipinski definition) is 1. The number of rotatable bonds is 6. The molecule has 0 saturated carbocycles. The summed E-state index contributed by atoms with van der Waals surface area (Å²) in [5, 5.41) is 0. The smallest absolute Gasteiger partial charge is 0.119 e. The highest BCUT2D eigenvalue weighted by Gasteiger charge is 2.00. The van der Waals surface area contributed by atoms with Gasteiger partial charge in [-0.15, -0.1) is 11.6 Å². The third-order valence-corrected chi connectivity index (χ3v) is 2.59. The van der Waals surface area contributed by atoms with Crippen LogP contribution in [0.4, 0.5) is 0 Å². The van der Waals surface area contributed by atoms with Crippen molar-refractivity contribution in [2.75, 3.05) is 12.5 Å². The highest BCUT2D eigenvalue weighted by Crippen LogP contribution is 2.20. The minimum absolute atomic E-state index is 0.552. The monoisotopic (exact) mass is 226 g/mol. The van der Waals surface area contributed by atoms with E-state index in [0.717, 1.165) is 31.1 Å². The van der Waals surface area contributed by atoms with Crippen LogP contribution in [0.15, 0.2) is 24.3 Å². The van der Waals surface area contributed by atoms with Gasteiger partial charge in [-0.2, -0.15) is 0 Å². The van der Waals surface area contributed by atoms with Crippen molar-refractivity contribution < 1.29 is 4.74 Å². The molecule has 0 unspecified atom stereocenters. The molecule has 0 aromatic heterocycles. The molecular weight excluding hydrogens is 208 g/mol. The topological polar surface area (TPSA) is 9.23 Å². The highest BCUT2D eigenvalue weighted by atomic mass is 35.5. The van der Waals surface area contributed by atoms with Gasteiger partial charge in [0.2, 0.25) is 0 Å². The van der Waals surface area contributed by atoms with Gasteiger partial charge in [0.25, 0.3) is 0 Å². The molecule has 1 nitrogen and oxygen atoms in total. The van der Waals surface area contributed by atoms with Crippen LogP contribution in [0.1, 0.15) is 38.2 Å². The zero-order valence-electron chi connectivity index (χ0n) is 9.50. The molecule has 0 atom stereocenters. The lowest BCUT2D eigenvalue weighted by Crippen LogP contribution is -1.98. The Labute approximate surface area is 97.4 Å². The number of halogens is 1. The van der Waals surface area contributed by atoms with Crippen LogP contribution < -0.4 is 4.74 Å². The summed E-state index contributed by atoms with van der Waals surface area (Å²) < 4.78 is 5.64. The molecule has 0 spiro atoms. The summed E-state index contributed by atoms with van der Waals surface area (Å²) in [6.07, 6.45) is 2.04. The van der Waals surface area contributed by atoms with E-state index in [9.17, 15) is 0 Å². The van der Waals surface area contributed by atoms with E-state index in [2.05, 4.69) is 26.0 Å². The van der Waals surface area contributed by atoms with E-state index >= 15 is 0 Å². The van der Waals surface area contributed by atoms with Crippen molar-refractivity contribution in [3.8, 4) is 5.75 Å². The average molecular weight is 227 g/mol. The second kappa shape index (κ2) is 6.73. The molecule has 0 saturated heterocycles. The van der Waals surface area contributed by atoms with E-state index < -0.39 is 0 Å². The van der Waals surface area contributed by atoms with Crippen LogP contribution in [-0.4, -0.2) is 12.5 Å². The Morgan fingerprint density at radius 1 is 1.27 bits per heavy atom. The third kappa shape index (κ3) is 4.57. The van der Waals surface area contributed by atoms with Gasteiger partial charge in [0.1, 0.15) is 5.75 Å². The molecule has 0 bridgehead atoms. The van der Waals surface area contributed by atoms with Gasteiger partial charge in [-0.05, 0) is 36.5 Å². The summed E-state index contributed by atoms with van der Waals surface area (Å²) in [5.41, 5.74) is 1.32. The average Bonchev–Trinajstić information content (AvgIpc) is 2.25. The highest BCUT2D eigenvalue weighted by molar-refractivity contribution is 6.17. The van der Waals surface area contributed by atoms with Crippen molar-refractivity contribution in [1.29, 1.82) is 0 Å². The number of unbranched alkanes of at least 4 members (excludes halogenated alkanes) is 1. The van der Waals surface area contributed by atoms with Gasteiger partial charge in [-0.25, -0.2) is 0 Å². The Kier molecular flexibility index (Phi) is 5.56. The fraction of sp³-hybridized carbons (Fsp3) is 0.538. The first-order chi connectivity index (χ1) is 7.24. The molecule has 0 radical (unpaired) electrons. The molecule has 0 heterocycles. The molecule has 0 N–H and O–H groups in total. The Bertz CT molecular complexity index is 284. The molecule has 84 valence electrons. The molecule has 1 aromatic rings. The maximum absolute atomic E-state index is 5.64. The number of hydrogen-bond donors (Lipinski definition) is 0. The SMILES string of the molecule is CC(C)c1cccc(OCCCCCl)c1.